The summed E-state index contributed by atoms with van der Waals surface area (Å²) in [5.41, 5.74) is 6.79. The van der Waals surface area contributed by atoms with Gasteiger partial charge in [0.25, 0.3) is 0 Å². The Morgan fingerprint density at radius 1 is 1.19 bits per heavy atom. The van der Waals surface area contributed by atoms with Crippen molar-refractivity contribution in [1.29, 1.82) is 0 Å². The minimum absolute atomic E-state index is 0. The zero-order chi connectivity index (χ0) is 14.8. The molecule has 2 atom stereocenters. The molecule has 0 aromatic rings. The topological polar surface area (TPSA) is 182 Å². The maximum absolute atomic E-state index is 11.0. The predicted octanol–water partition coefficient (Wildman–Crippen LogP) is -9.25. The van der Waals surface area contributed by atoms with E-state index in [2.05, 4.69) is 4.28 Å². The average Bonchev–Trinajstić information content (AvgIpc) is 2.23. The molecule has 3 N–H and O–H groups in total. The number of carbonyl (C=O) groups is 1. The van der Waals surface area contributed by atoms with Crippen LogP contribution in [-0.4, -0.2) is 54.8 Å². The number of nitrogens with two attached hydrogens (primary N) is 1. The van der Waals surface area contributed by atoms with Crippen molar-refractivity contribution in [1.82, 2.24) is 9.79 Å². The Kier molecular flexibility index (Phi) is 11.0. The van der Waals surface area contributed by atoms with Gasteiger partial charge in [-0.15, -0.1) is 0 Å². The van der Waals surface area contributed by atoms with E-state index < -0.39 is 45.2 Å². The van der Waals surface area contributed by atoms with Crippen molar-refractivity contribution in [2.24, 2.45) is 5.73 Å². The zero-order valence-corrected chi connectivity index (χ0v) is 17.0. The largest absolute Gasteiger partial charge is 1.00 e. The number of hydrogen-bond donors (Lipinski definition) is 2. The van der Waals surface area contributed by atoms with Gasteiger partial charge in [-0.2, -0.15) is 14.1 Å². The first-order chi connectivity index (χ1) is 8.50. The Balaban J connectivity index is 0. The van der Waals surface area contributed by atoms with Crippen molar-refractivity contribution in [3.05, 3.63) is 0 Å². The van der Waals surface area contributed by atoms with Crippen LogP contribution in [0.1, 0.15) is 12.8 Å². The molecule has 1 rings (SSSR count). The van der Waals surface area contributed by atoms with E-state index >= 15 is 0 Å². The summed E-state index contributed by atoms with van der Waals surface area (Å²) in [6, 6.07) is -2.23. The van der Waals surface area contributed by atoms with Crippen LogP contribution >= 0.6 is 0 Å². The summed E-state index contributed by atoms with van der Waals surface area (Å²) in [6.45, 7) is -0.533. The number of rotatable bonds is 5. The van der Waals surface area contributed by atoms with Gasteiger partial charge in [-0.1, -0.05) is 0 Å². The van der Waals surface area contributed by atoms with E-state index in [9.17, 15) is 30.7 Å². The van der Waals surface area contributed by atoms with Crippen LogP contribution in [0.5, 0.6) is 0 Å². The molecule has 0 spiro atoms. The second-order valence-electron chi connectivity index (χ2n) is 3.83. The average molecular weight is 363 g/mol. The Hall–Kier alpha value is 1.17. The predicted molar refractivity (Wildman–Crippen MR) is 56.3 cm³/mol. The summed E-state index contributed by atoms with van der Waals surface area (Å²) in [5.74, 6) is -0.991. The molecule has 1 amide bonds. The standard InChI is InChI=1S/C6H13N3O8S2.2Na/c7-6(10)5-2-1-4(8-17-19(14,15)16)3-9(5)18(11,12)13;;/h4-5,8H,1-3H2,(H2,7,10)(H,11,12,13)(H,14,15,16);;/q;2*+1/p-2/t4-,5+;;/m1../s1. The molecule has 112 valence electrons. The number of piperidine rings is 1. The molecule has 0 unspecified atom stereocenters. The molecule has 1 fully saturated rings. The van der Waals surface area contributed by atoms with Crippen LogP contribution in [0.3, 0.4) is 0 Å². The molecule has 1 aliphatic rings. The fourth-order valence-corrected chi connectivity index (χ4v) is 2.83. The Morgan fingerprint density at radius 2 is 1.71 bits per heavy atom. The molecule has 1 heterocycles. The second kappa shape index (κ2) is 9.46. The first kappa shape index (κ1) is 24.4. The molecule has 0 bridgehead atoms. The van der Waals surface area contributed by atoms with Gasteiger partial charge in [-0.05, 0) is 12.8 Å². The van der Waals surface area contributed by atoms with Crippen LogP contribution in [0.2, 0.25) is 0 Å². The van der Waals surface area contributed by atoms with Gasteiger partial charge in [0, 0.05) is 12.6 Å². The Labute approximate surface area is 166 Å². The van der Waals surface area contributed by atoms with Gasteiger partial charge in [0.2, 0.25) is 16.3 Å². The zero-order valence-electron chi connectivity index (χ0n) is 11.4. The monoisotopic (exact) mass is 363 g/mol. The number of primary amides is 1. The third kappa shape index (κ3) is 8.55. The molecule has 0 aromatic heterocycles. The Bertz CT molecular complexity index is 552. The van der Waals surface area contributed by atoms with Crippen molar-refractivity contribution >= 4 is 26.6 Å². The number of nitrogens with one attached hydrogen (secondary N) is 1. The van der Waals surface area contributed by atoms with Gasteiger partial charge in [-0.25, -0.2) is 16.8 Å². The van der Waals surface area contributed by atoms with Crippen LogP contribution in [0, 0.1) is 0 Å². The smallest absolute Gasteiger partial charge is 0.735 e. The first-order valence-electron chi connectivity index (χ1n) is 4.92. The molecule has 0 saturated carbocycles. The van der Waals surface area contributed by atoms with E-state index in [1.807, 2.05) is 5.48 Å². The molecule has 1 saturated heterocycles. The first-order valence-corrected chi connectivity index (χ1v) is 7.62. The number of amides is 1. The quantitative estimate of drug-likeness (QED) is 0.207. The second-order valence-corrected chi connectivity index (χ2v) is 6.14. The summed E-state index contributed by atoms with van der Waals surface area (Å²) < 4.78 is 67.6. The third-order valence-corrected chi connectivity index (χ3v) is 3.75. The molecule has 0 aliphatic carbocycles. The number of hydrogen-bond acceptors (Lipinski definition) is 9. The van der Waals surface area contributed by atoms with E-state index in [-0.39, 0.29) is 76.3 Å². The number of carbonyl (C=O) groups excluding carboxylic acids is 1. The van der Waals surface area contributed by atoms with Crippen LogP contribution in [0.15, 0.2) is 0 Å². The Morgan fingerprint density at radius 3 is 2.10 bits per heavy atom. The molecule has 0 radical (unpaired) electrons. The minimum Gasteiger partial charge on any atom is -0.735 e. The maximum Gasteiger partial charge on any atom is 1.00 e. The number of hydroxylamine groups is 1. The number of nitrogens with zero attached hydrogens (tertiary/aromatic N) is 1. The van der Waals surface area contributed by atoms with E-state index in [0.29, 0.717) is 0 Å². The summed E-state index contributed by atoms with van der Waals surface area (Å²) in [6.07, 6.45) is -0.00805. The maximum atomic E-state index is 11.0. The van der Waals surface area contributed by atoms with Crippen molar-refractivity contribution in [2.45, 2.75) is 24.9 Å². The van der Waals surface area contributed by atoms with Crippen molar-refractivity contribution in [3.8, 4) is 0 Å². The van der Waals surface area contributed by atoms with Crippen molar-refractivity contribution < 1.29 is 94.1 Å². The molecule has 15 heteroatoms. The van der Waals surface area contributed by atoms with E-state index in [1.54, 1.807) is 0 Å². The van der Waals surface area contributed by atoms with Gasteiger partial charge < -0.3 is 14.8 Å². The fourth-order valence-electron chi connectivity index (χ4n) is 1.69. The van der Waals surface area contributed by atoms with Crippen LogP contribution < -0.4 is 70.3 Å². The normalized spacial score (nSPS) is 23.7. The summed E-state index contributed by atoms with van der Waals surface area (Å²) in [7, 11) is -9.95. The summed E-state index contributed by atoms with van der Waals surface area (Å²) in [5, 5.41) is 0. The van der Waals surface area contributed by atoms with Crippen molar-refractivity contribution in [2.75, 3.05) is 6.54 Å². The third-order valence-electron chi connectivity index (χ3n) is 2.47. The van der Waals surface area contributed by atoms with E-state index in [0.717, 1.165) is 0 Å². The molecule has 11 nitrogen and oxygen atoms in total. The molecule has 21 heavy (non-hydrogen) atoms. The molecular formula is C6H11N3Na2O8S2. The van der Waals surface area contributed by atoms with E-state index in [4.69, 9.17) is 5.73 Å². The van der Waals surface area contributed by atoms with Gasteiger partial charge in [-0.3, -0.25) is 4.79 Å². The van der Waals surface area contributed by atoms with Gasteiger partial charge in [0.15, 0.2) is 10.3 Å². The minimum atomic E-state index is -5.01. The van der Waals surface area contributed by atoms with Crippen LogP contribution in [0.25, 0.3) is 0 Å². The van der Waals surface area contributed by atoms with Gasteiger partial charge in [0.05, 0.1) is 0 Å². The summed E-state index contributed by atoms with van der Waals surface area (Å²) in [4.78, 5) is 11.0. The van der Waals surface area contributed by atoms with E-state index in [1.165, 1.54) is 0 Å². The fraction of sp³-hybridized carbons (Fsp3) is 0.833. The summed E-state index contributed by atoms with van der Waals surface area (Å²) >= 11 is 0. The van der Waals surface area contributed by atoms with Gasteiger partial charge >= 0.3 is 59.1 Å². The molecular weight excluding hydrogens is 352 g/mol. The van der Waals surface area contributed by atoms with Crippen LogP contribution in [0.4, 0.5) is 0 Å². The van der Waals surface area contributed by atoms with Crippen molar-refractivity contribution in [3.63, 3.8) is 0 Å². The van der Waals surface area contributed by atoms with Gasteiger partial charge in [0.1, 0.15) is 6.04 Å². The molecule has 1 aliphatic heterocycles. The van der Waals surface area contributed by atoms with Crippen LogP contribution in [-0.2, 0) is 29.8 Å². The SMILES string of the molecule is NC(=O)[C@@H]1CC[C@@H](NOS(=O)(=O)[O-])CN1S(=O)(=O)[O-].[Na+].[Na+]. The molecule has 0 aromatic carbocycles.